The lowest BCUT2D eigenvalue weighted by Gasteiger charge is -2.07. The summed E-state index contributed by atoms with van der Waals surface area (Å²) in [4.78, 5) is 0. The van der Waals surface area contributed by atoms with Gasteiger partial charge in [-0.3, -0.25) is 0 Å². The highest BCUT2D eigenvalue weighted by atomic mass is 16.3. The van der Waals surface area contributed by atoms with Crippen molar-refractivity contribution in [1.29, 1.82) is 0 Å². The van der Waals surface area contributed by atoms with E-state index in [-0.39, 0.29) is 6.10 Å². The van der Waals surface area contributed by atoms with Crippen molar-refractivity contribution in [2.24, 2.45) is 0 Å². The molecule has 0 aromatic rings. The van der Waals surface area contributed by atoms with Crippen molar-refractivity contribution in [3.05, 3.63) is 11.1 Å². The Morgan fingerprint density at radius 2 is 1.80 bits per heavy atom. The van der Waals surface area contributed by atoms with Crippen molar-refractivity contribution in [1.82, 2.24) is 0 Å². The van der Waals surface area contributed by atoms with Crippen molar-refractivity contribution < 1.29 is 5.11 Å². The first-order valence-electron chi connectivity index (χ1n) is 3.91. The molecule has 1 unspecified atom stereocenters. The average Bonchev–Trinajstić information content (AvgIpc) is 1.85. The van der Waals surface area contributed by atoms with Crippen LogP contribution >= 0.6 is 0 Å². The molecule has 1 nitrogen and oxygen atoms in total. The minimum absolute atomic E-state index is 0.193. The standard InChI is InChI=1S/C9H18O/c1-5-7(2)8(3)6-9(4)10/h9-10H,5-6H2,1-4H3. The van der Waals surface area contributed by atoms with Gasteiger partial charge in [0.15, 0.2) is 0 Å². The Morgan fingerprint density at radius 1 is 1.30 bits per heavy atom. The first-order valence-corrected chi connectivity index (χ1v) is 3.91. The molecule has 0 bridgehead atoms. The molecule has 0 aliphatic rings. The highest BCUT2D eigenvalue weighted by Gasteiger charge is 1.99. The van der Waals surface area contributed by atoms with E-state index in [0.717, 1.165) is 12.8 Å². The number of hydrogen-bond acceptors (Lipinski definition) is 1. The zero-order chi connectivity index (χ0) is 8.15. The van der Waals surface area contributed by atoms with E-state index in [1.807, 2.05) is 6.92 Å². The summed E-state index contributed by atoms with van der Waals surface area (Å²) < 4.78 is 0. The highest BCUT2D eigenvalue weighted by molar-refractivity contribution is 5.09. The number of allylic oxidation sites excluding steroid dienone is 1. The molecule has 0 aromatic carbocycles. The molecule has 0 spiro atoms. The molecule has 1 atom stereocenters. The van der Waals surface area contributed by atoms with E-state index in [1.165, 1.54) is 11.1 Å². The zero-order valence-corrected chi connectivity index (χ0v) is 7.44. The van der Waals surface area contributed by atoms with Gasteiger partial charge in [-0.1, -0.05) is 18.1 Å². The fourth-order valence-electron chi connectivity index (χ4n) is 0.919. The van der Waals surface area contributed by atoms with Crippen LogP contribution < -0.4 is 0 Å². The van der Waals surface area contributed by atoms with Crippen LogP contribution in [0.4, 0.5) is 0 Å². The summed E-state index contributed by atoms with van der Waals surface area (Å²) in [5.74, 6) is 0. The van der Waals surface area contributed by atoms with E-state index in [0.29, 0.717) is 0 Å². The highest BCUT2D eigenvalue weighted by Crippen LogP contribution is 2.12. The maximum absolute atomic E-state index is 9.03. The maximum atomic E-state index is 9.03. The molecule has 1 heteroatoms. The molecule has 0 aliphatic heterocycles. The summed E-state index contributed by atoms with van der Waals surface area (Å²) in [7, 11) is 0. The fraction of sp³-hybridized carbons (Fsp3) is 0.778. The number of hydrogen-bond donors (Lipinski definition) is 1. The van der Waals surface area contributed by atoms with Gasteiger partial charge in [-0.05, 0) is 33.6 Å². The summed E-state index contributed by atoms with van der Waals surface area (Å²) in [6.45, 7) is 8.18. The molecule has 0 rings (SSSR count). The third kappa shape index (κ3) is 3.67. The van der Waals surface area contributed by atoms with Gasteiger partial charge in [0.25, 0.3) is 0 Å². The van der Waals surface area contributed by atoms with Crippen molar-refractivity contribution in [2.75, 3.05) is 0 Å². The van der Waals surface area contributed by atoms with Crippen LogP contribution in [-0.2, 0) is 0 Å². The van der Waals surface area contributed by atoms with Gasteiger partial charge < -0.3 is 5.11 Å². The Balaban J connectivity index is 3.92. The van der Waals surface area contributed by atoms with Gasteiger partial charge in [0.2, 0.25) is 0 Å². The minimum atomic E-state index is -0.193. The van der Waals surface area contributed by atoms with Gasteiger partial charge in [-0.25, -0.2) is 0 Å². The third-order valence-electron chi connectivity index (χ3n) is 1.86. The largest absolute Gasteiger partial charge is 0.393 e. The summed E-state index contributed by atoms with van der Waals surface area (Å²) in [6, 6.07) is 0. The lowest BCUT2D eigenvalue weighted by atomic mass is 10.0. The average molecular weight is 142 g/mol. The Hall–Kier alpha value is -0.300. The Labute approximate surface area is 63.8 Å². The van der Waals surface area contributed by atoms with E-state index < -0.39 is 0 Å². The van der Waals surface area contributed by atoms with Crippen LogP contribution in [0, 0.1) is 0 Å². The summed E-state index contributed by atoms with van der Waals surface area (Å²) in [5.41, 5.74) is 2.73. The topological polar surface area (TPSA) is 20.2 Å². The summed E-state index contributed by atoms with van der Waals surface area (Å²) >= 11 is 0. The van der Waals surface area contributed by atoms with Gasteiger partial charge in [0, 0.05) is 0 Å². The van der Waals surface area contributed by atoms with Gasteiger partial charge in [-0.2, -0.15) is 0 Å². The van der Waals surface area contributed by atoms with Crippen LogP contribution in [0.25, 0.3) is 0 Å². The predicted octanol–water partition coefficient (Wildman–Crippen LogP) is 2.50. The molecule has 60 valence electrons. The van der Waals surface area contributed by atoms with Gasteiger partial charge in [-0.15, -0.1) is 0 Å². The van der Waals surface area contributed by atoms with E-state index in [1.54, 1.807) is 0 Å². The Kier molecular flexibility index (Phi) is 4.37. The predicted molar refractivity (Wildman–Crippen MR) is 45.0 cm³/mol. The number of rotatable bonds is 3. The third-order valence-corrected chi connectivity index (χ3v) is 1.86. The Bertz CT molecular complexity index is 123. The lowest BCUT2D eigenvalue weighted by molar-refractivity contribution is 0.195. The van der Waals surface area contributed by atoms with E-state index in [9.17, 15) is 0 Å². The zero-order valence-electron chi connectivity index (χ0n) is 7.44. The van der Waals surface area contributed by atoms with E-state index >= 15 is 0 Å². The number of aliphatic hydroxyl groups is 1. The van der Waals surface area contributed by atoms with Crippen LogP contribution in [-0.4, -0.2) is 11.2 Å². The summed E-state index contributed by atoms with van der Waals surface area (Å²) in [5, 5.41) is 9.03. The quantitative estimate of drug-likeness (QED) is 0.600. The van der Waals surface area contributed by atoms with Gasteiger partial charge in [0.1, 0.15) is 0 Å². The molecule has 0 heterocycles. The molecule has 0 radical (unpaired) electrons. The van der Waals surface area contributed by atoms with E-state index in [2.05, 4.69) is 20.8 Å². The molecule has 0 aromatic heterocycles. The SMILES string of the molecule is CCC(C)=C(C)CC(C)O. The maximum Gasteiger partial charge on any atom is 0.0549 e. The van der Waals surface area contributed by atoms with Crippen LogP contribution in [0.15, 0.2) is 11.1 Å². The van der Waals surface area contributed by atoms with Gasteiger partial charge >= 0.3 is 0 Å². The molecule has 10 heavy (non-hydrogen) atoms. The molecular weight excluding hydrogens is 124 g/mol. The molecule has 0 amide bonds. The van der Waals surface area contributed by atoms with Crippen LogP contribution in [0.5, 0.6) is 0 Å². The fourth-order valence-corrected chi connectivity index (χ4v) is 0.919. The first kappa shape index (κ1) is 9.70. The minimum Gasteiger partial charge on any atom is -0.393 e. The molecule has 1 N–H and O–H groups in total. The van der Waals surface area contributed by atoms with Crippen LogP contribution in [0.2, 0.25) is 0 Å². The molecule has 0 saturated heterocycles. The normalized spacial score (nSPS) is 16.5. The van der Waals surface area contributed by atoms with E-state index in [4.69, 9.17) is 5.11 Å². The molecule has 0 fully saturated rings. The van der Waals surface area contributed by atoms with Crippen LogP contribution in [0.3, 0.4) is 0 Å². The first-order chi connectivity index (χ1) is 4.57. The second-order valence-electron chi connectivity index (χ2n) is 2.97. The van der Waals surface area contributed by atoms with Crippen molar-refractivity contribution in [3.8, 4) is 0 Å². The smallest absolute Gasteiger partial charge is 0.0549 e. The summed E-state index contributed by atoms with van der Waals surface area (Å²) in [6.07, 6.45) is 1.72. The van der Waals surface area contributed by atoms with Crippen molar-refractivity contribution >= 4 is 0 Å². The molecule has 0 aliphatic carbocycles. The van der Waals surface area contributed by atoms with Crippen LogP contribution in [0.1, 0.15) is 40.5 Å². The monoisotopic (exact) mass is 142 g/mol. The lowest BCUT2D eigenvalue weighted by Crippen LogP contribution is -2.00. The Morgan fingerprint density at radius 3 is 2.10 bits per heavy atom. The second-order valence-corrected chi connectivity index (χ2v) is 2.97. The van der Waals surface area contributed by atoms with Crippen molar-refractivity contribution in [2.45, 2.75) is 46.6 Å². The number of aliphatic hydroxyl groups excluding tert-OH is 1. The molecule has 0 saturated carbocycles. The van der Waals surface area contributed by atoms with Crippen molar-refractivity contribution in [3.63, 3.8) is 0 Å². The van der Waals surface area contributed by atoms with Gasteiger partial charge in [0.05, 0.1) is 6.10 Å². The second kappa shape index (κ2) is 4.51. The molecular formula is C9H18O.